The summed E-state index contributed by atoms with van der Waals surface area (Å²) in [6.07, 6.45) is 2.56. The topological polar surface area (TPSA) is 96.4 Å². The van der Waals surface area contributed by atoms with Crippen LogP contribution in [0.4, 0.5) is 10.1 Å². The highest BCUT2D eigenvalue weighted by Crippen LogP contribution is 2.44. The molecular formula is C22H18FN3O4S2. The number of amides is 2. The molecule has 0 radical (unpaired) electrons. The summed E-state index contributed by atoms with van der Waals surface area (Å²) < 4.78 is 40.7. The largest absolute Gasteiger partial charge is 0.294 e. The van der Waals surface area contributed by atoms with Gasteiger partial charge in [-0.05, 0) is 48.4 Å². The van der Waals surface area contributed by atoms with Crippen LogP contribution in [-0.2, 0) is 14.8 Å². The summed E-state index contributed by atoms with van der Waals surface area (Å²) in [4.78, 5) is 31.0. The van der Waals surface area contributed by atoms with E-state index in [2.05, 4.69) is 9.71 Å². The van der Waals surface area contributed by atoms with Gasteiger partial charge in [0.05, 0.1) is 17.0 Å². The molecule has 164 valence electrons. The third kappa shape index (κ3) is 4.23. The number of anilines is 1. The lowest BCUT2D eigenvalue weighted by molar-refractivity contribution is -0.115. The van der Waals surface area contributed by atoms with Gasteiger partial charge in [0.1, 0.15) is 16.1 Å². The minimum Gasteiger partial charge on any atom is -0.294 e. The Kier molecular flexibility index (Phi) is 5.98. The van der Waals surface area contributed by atoms with Crippen molar-refractivity contribution in [3.05, 3.63) is 89.5 Å². The number of aromatic nitrogens is 1. The highest BCUT2D eigenvalue weighted by atomic mass is 32.2. The van der Waals surface area contributed by atoms with Crippen LogP contribution >= 0.6 is 11.8 Å². The molecule has 1 aliphatic rings. The van der Waals surface area contributed by atoms with Crippen LogP contribution in [0.25, 0.3) is 0 Å². The lowest BCUT2D eigenvalue weighted by Gasteiger charge is -2.28. The second-order valence-corrected chi connectivity index (χ2v) is 9.82. The van der Waals surface area contributed by atoms with E-state index in [0.717, 1.165) is 6.20 Å². The van der Waals surface area contributed by atoms with Crippen molar-refractivity contribution in [3.63, 3.8) is 0 Å². The molecule has 1 unspecified atom stereocenters. The molecule has 1 atom stereocenters. The average molecular weight is 472 g/mol. The Hall–Kier alpha value is -3.24. The molecule has 2 aromatic carbocycles. The summed E-state index contributed by atoms with van der Waals surface area (Å²) in [5.74, 6) is -1.32. The smallest absolute Gasteiger partial charge is 0.267 e. The maximum atomic E-state index is 13.4. The number of thioether (sulfide) groups is 1. The van der Waals surface area contributed by atoms with Gasteiger partial charge < -0.3 is 0 Å². The van der Waals surface area contributed by atoms with Crippen LogP contribution in [0.3, 0.4) is 0 Å². The molecule has 1 N–H and O–H groups in total. The zero-order valence-corrected chi connectivity index (χ0v) is 18.5. The van der Waals surface area contributed by atoms with Crippen molar-refractivity contribution in [1.29, 1.82) is 0 Å². The molecule has 10 heteroatoms. The summed E-state index contributed by atoms with van der Waals surface area (Å²) in [7, 11) is -4.16. The number of pyridine rings is 1. The van der Waals surface area contributed by atoms with E-state index in [1.165, 1.54) is 53.2 Å². The number of hydrogen-bond acceptors (Lipinski definition) is 6. The van der Waals surface area contributed by atoms with Gasteiger partial charge in [0.25, 0.3) is 15.9 Å². The van der Waals surface area contributed by atoms with Gasteiger partial charge in [-0.25, -0.2) is 17.5 Å². The Balaban J connectivity index is 1.73. The number of para-hydroxylation sites is 1. The number of nitrogens with zero attached hydrogens (tertiary/aromatic N) is 2. The van der Waals surface area contributed by atoms with Gasteiger partial charge in [0.15, 0.2) is 0 Å². The molecule has 1 saturated heterocycles. The number of benzene rings is 2. The lowest BCUT2D eigenvalue weighted by atomic mass is 10.0. The molecule has 0 saturated carbocycles. The first kappa shape index (κ1) is 22.0. The molecule has 32 heavy (non-hydrogen) atoms. The predicted octanol–water partition coefficient (Wildman–Crippen LogP) is 3.43. The highest BCUT2D eigenvalue weighted by Gasteiger charge is 2.37. The number of nitrogens with one attached hydrogen (secondary N) is 1. The fraction of sp³-hybridized carbons (Fsp3) is 0.136. The van der Waals surface area contributed by atoms with Crippen molar-refractivity contribution in [1.82, 2.24) is 9.71 Å². The number of rotatable bonds is 5. The molecule has 0 bridgehead atoms. The first-order valence-corrected chi connectivity index (χ1v) is 12.1. The van der Waals surface area contributed by atoms with Crippen LogP contribution < -0.4 is 9.62 Å². The number of sulfonamides is 1. The Bertz CT molecular complexity index is 1280. The van der Waals surface area contributed by atoms with E-state index in [9.17, 15) is 22.4 Å². The van der Waals surface area contributed by atoms with Crippen molar-refractivity contribution < 1.29 is 22.4 Å². The third-order valence-corrected chi connectivity index (χ3v) is 7.45. The SMILES string of the molecule is Cc1cccc(C(=O)NS(=O)(=O)c2cccnc2)c1N1C(=O)CSC1c1ccc(F)cc1. The van der Waals surface area contributed by atoms with Crippen LogP contribution in [0.1, 0.15) is 26.9 Å². The monoisotopic (exact) mass is 471 g/mol. The standard InChI is InChI=1S/C22H18FN3O4S2/c1-14-4-2-6-18(21(28)25-32(29,30)17-5-3-11-24-12-17)20(14)26-19(27)13-31-22(26)15-7-9-16(23)10-8-15/h2-12,22H,13H2,1H3,(H,25,28). The molecule has 7 nitrogen and oxygen atoms in total. The molecule has 1 aliphatic heterocycles. The first-order chi connectivity index (χ1) is 15.3. The summed E-state index contributed by atoms with van der Waals surface area (Å²) in [6, 6.07) is 13.4. The Morgan fingerprint density at radius 2 is 1.91 bits per heavy atom. The quantitative estimate of drug-likeness (QED) is 0.613. The molecule has 0 spiro atoms. The van der Waals surface area contributed by atoms with Crippen LogP contribution in [0.5, 0.6) is 0 Å². The van der Waals surface area contributed by atoms with E-state index in [-0.39, 0.29) is 22.1 Å². The van der Waals surface area contributed by atoms with Crippen molar-refractivity contribution in [2.24, 2.45) is 0 Å². The number of carbonyl (C=O) groups is 2. The van der Waals surface area contributed by atoms with Crippen LogP contribution in [0.2, 0.25) is 0 Å². The van der Waals surface area contributed by atoms with Gasteiger partial charge in [0.2, 0.25) is 5.91 Å². The number of carbonyl (C=O) groups excluding carboxylic acids is 2. The van der Waals surface area contributed by atoms with E-state index < -0.39 is 27.1 Å². The molecule has 3 aromatic rings. The summed E-state index contributed by atoms with van der Waals surface area (Å²) in [5, 5.41) is -0.481. The van der Waals surface area contributed by atoms with Gasteiger partial charge in [-0.2, -0.15) is 0 Å². The van der Waals surface area contributed by atoms with E-state index >= 15 is 0 Å². The molecule has 4 rings (SSSR count). The first-order valence-electron chi connectivity index (χ1n) is 9.54. The second kappa shape index (κ2) is 8.71. The number of aryl methyl sites for hydroxylation is 1. The molecule has 2 heterocycles. The Labute approximate surface area is 188 Å². The van der Waals surface area contributed by atoms with Crippen molar-refractivity contribution in [2.45, 2.75) is 17.2 Å². The van der Waals surface area contributed by atoms with Crippen LogP contribution in [-0.4, -0.2) is 31.0 Å². The number of hydrogen-bond donors (Lipinski definition) is 1. The van der Waals surface area contributed by atoms with Crippen molar-refractivity contribution in [3.8, 4) is 0 Å². The number of halogens is 1. The molecule has 2 amide bonds. The summed E-state index contributed by atoms with van der Waals surface area (Å²) >= 11 is 1.35. The van der Waals surface area contributed by atoms with Crippen LogP contribution in [0, 0.1) is 12.7 Å². The molecular weight excluding hydrogens is 453 g/mol. The van der Waals surface area contributed by atoms with Gasteiger partial charge in [-0.3, -0.25) is 19.5 Å². The zero-order chi connectivity index (χ0) is 22.9. The van der Waals surface area contributed by atoms with Gasteiger partial charge in [-0.15, -0.1) is 11.8 Å². The van der Waals surface area contributed by atoms with E-state index in [1.54, 1.807) is 31.2 Å². The van der Waals surface area contributed by atoms with Gasteiger partial charge >= 0.3 is 0 Å². The third-order valence-electron chi connectivity index (χ3n) is 4.92. The van der Waals surface area contributed by atoms with Gasteiger partial charge in [0, 0.05) is 12.4 Å². The Morgan fingerprint density at radius 3 is 2.59 bits per heavy atom. The fourth-order valence-corrected chi connectivity index (χ4v) is 5.53. The summed E-state index contributed by atoms with van der Waals surface area (Å²) in [5.41, 5.74) is 1.68. The molecule has 1 aromatic heterocycles. The zero-order valence-electron chi connectivity index (χ0n) is 16.9. The maximum Gasteiger partial charge on any atom is 0.267 e. The normalized spacial score (nSPS) is 16.2. The van der Waals surface area contributed by atoms with Crippen molar-refractivity contribution in [2.75, 3.05) is 10.7 Å². The maximum absolute atomic E-state index is 13.4. The van der Waals surface area contributed by atoms with E-state index in [1.807, 2.05) is 0 Å². The highest BCUT2D eigenvalue weighted by molar-refractivity contribution is 8.00. The molecule has 1 fully saturated rings. The minimum absolute atomic E-state index is 0.0421. The van der Waals surface area contributed by atoms with E-state index in [4.69, 9.17) is 0 Å². The fourth-order valence-electron chi connectivity index (χ4n) is 3.44. The lowest BCUT2D eigenvalue weighted by Crippen LogP contribution is -2.34. The average Bonchev–Trinajstić information content (AvgIpc) is 3.15. The van der Waals surface area contributed by atoms with E-state index in [0.29, 0.717) is 16.8 Å². The summed E-state index contributed by atoms with van der Waals surface area (Å²) in [6.45, 7) is 1.74. The van der Waals surface area contributed by atoms with Crippen molar-refractivity contribution >= 4 is 39.3 Å². The molecule has 0 aliphatic carbocycles. The second-order valence-electron chi connectivity index (χ2n) is 7.07. The Morgan fingerprint density at radius 1 is 1.16 bits per heavy atom. The van der Waals surface area contributed by atoms with Crippen LogP contribution in [0.15, 0.2) is 71.9 Å². The van der Waals surface area contributed by atoms with Gasteiger partial charge in [-0.1, -0.05) is 24.3 Å². The predicted molar refractivity (Wildman–Crippen MR) is 119 cm³/mol. The minimum atomic E-state index is -4.16.